The first kappa shape index (κ1) is 13.0. The van der Waals surface area contributed by atoms with Gasteiger partial charge in [0.15, 0.2) is 0 Å². The molecule has 0 atom stereocenters. The molecule has 1 aromatic carbocycles. The largest absolute Gasteiger partial charge is 0.494 e. The Bertz CT molecular complexity index is 303. The molecule has 0 fully saturated rings. The molecule has 0 saturated heterocycles. The van der Waals surface area contributed by atoms with Gasteiger partial charge < -0.3 is 10.5 Å². The van der Waals surface area contributed by atoms with Crippen LogP contribution < -0.4 is 10.5 Å². The molecule has 1 rings (SSSR count). The van der Waals surface area contributed by atoms with Gasteiger partial charge in [-0.3, -0.25) is 0 Å². The zero-order valence-corrected chi connectivity index (χ0v) is 10.6. The van der Waals surface area contributed by atoms with Gasteiger partial charge in [-0.1, -0.05) is 26.0 Å². The second-order valence-corrected chi connectivity index (χ2v) is 4.96. The van der Waals surface area contributed by atoms with Crippen molar-refractivity contribution in [3.8, 4) is 5.75 Å². The van der Waals surface area contributed by atoms with Crippen LogP contribution in [0.25, 0.3) is 0 Å². The van der Waals surface area contributed by atoms with Crippen molar-refractivity contribution in [1.29, 1.82) is 0 Å². The lowest BCUT2D eigenvalue weighted by Gasteiger charge is -2.23. The van der Waals surface area contributed by atoms with E-state index < -0.39 is 0 Å². The molecule has 0 aromatic heterocycles. The standard InChI is InChI=1S/C14H23NO/c1-4-16-13-7-5-12(6-8-13)11-14(2,3)9-10-15/h5-8H,4,9-11,15H2,1-3H3. The lowest BCUT2D eigenvalue weighted by Crippen LogP contribution is -2.19. The topological polar surface area (TPSA) is 35.2 Å². The van der Waals surface area contributed by atoms with Crippen molar-refractivity contribution in [3.05, 3.63) is 29.8 Å². The van der Waals surface area contributed by atoms with Gasteiger partial charge in [0.2, 0.25) is 0 Å². The second-order valence-electron chi connectivity index (χ2n) is 4.96. The Kier molecular flexibility index (Phi) is 4.81. The van der Waals surface area contributed by atoms with E-state index >= 15 is 0 Å². The normalized spacial score (nSPS) is 11.5. The second kappa shape index (κ2) is 5.90. The molecular weight excluding hydrogens is 198 g/mol. The summed E-state index contributed by atoms with van der Waals surface area (Å²) < 4.78 is 5.42. The van der Waals surface area contributed by atoms with Gasteiger partial charge in [0, 0.05) is 0 Å². The van der Waals surface area contributed by atoms with E-state index in [1.54, 1.807) is 0 Å². The molecule has 1 aromatic rings. The van der Waals surface area contributed by atoms with Crippen LogP contribution in [0.3, 0.4) is 0 Å². The molecular formula is C14H23NO. The third-order valence-corrected chi connectivity index (χ3v) is 2.74. The predicted molar refractivity (Wildman–Crippen MR) is 68.8 cm³/mol. The summed E-state index contributed by atoms with van der Waals surface area (Å²) in [7, 11) is 0. The molecule has 0 unspecified atom stereocenters. The van der Waals surface area contributed by atoms with Gasteiger partial charge in [0.1, 0.15) is 5.75 Å². The molecule has 0 heterocycles. The number of rotatable bonds is 6. The number of benzene rings is 1. The highest BCUT2D eigenvalue weighted by molar-refractivity contribution is 5.27. The van der Waals surface area contributed by atoms with Crippen LogP contribution in [0.15, 0.2) is 24.3 Å². The maximum atomic E-state index is 5.61. The molecule has 0 aliphatic rings. The van der Waals surface area contributed by atoms with Crippen LogP contribution in [0.2, 0.25) is 0 Å². The first-order valence-corrected chi connectivity index (χ1v) is 5.99. The lowest BCUT2D eigenvalue weighted by atomic mass is 9.83. The zero-order valence-electron chi connectivity index (χ0n) is 10.6. The van der Waals surface area contributed by atoms with E-state index in [1.165, 1.54) is 5.56 Å². The van der Waals surface area contributed by atoms with Crippen LogP contribution in [0.1, 0.15) is 32.8 Å². The Hall–Kier alpha value is -1.02. The molecule has 0 bridgehead atoms. The summed E-state index contributed by atoms with van der Waals surface area (Å²) in [6, 6.07) is 8.36. The summed E-state index contributed by atoms with van der Waals surface area (Å²) in [4.78, 5) is 0. The molecule has 2 nitrogen and oxygen atoms in total. The minimum atomic E-state index is 0.280. The third kappa shape index (κ3) is 4.23. The summed E-state index contributed by atoms with van der Waals surface area (Å²) in [5.74, 6) is 0.947. The summed E-state index contributed by atoms with van der Waals surface area (Å²) in [5.41, 5.74) is 7.24. The quantitative estimate of drug-likeness (QED) is 0.801. The van der Waals surface area contributed by atoms with Gasteiger partial charge in [-0.2, -0.15) is 0 Å². The minimum absolute atomic E-state index is 0.280. The molecule has 2 heteroatoms. The van der Waals surface area contributed by atoms with Crippen molar-refractivity contribution < 1.29 is 4.74 Å². The van der Waals surface area contributed by atoms with Crippen LogP contribution >= 0.6 is 0 Å². The minimum Gasteiger partial charge on any atom is -0.494 e. The Balaban J connectivity index is 2.61. The van der Waals surface area contributed by atoms with E-state index in [4.69, 9.17) is 10.5 Å². The number of nitrogens with two attached hydrogens (primary N) is 1. The Labute approximate surface area is 98.8 Å². The molecule has 0 aliphatic heterocycles. The maximum Gasteiger partial charge on any atom is 0.119 e. The van der Waals surface area contributed by atoms with Crippen molar-refractivity contribution in [2.24, 2.45) is 11.1 Å². The Morgan fingerprint density at radius 2 is 1.81 bits per heavy atom. The van der Waals surface area contributed by atoms with Crippen molar-refractivity contribution in [2.75, 3.05) is 13.2 Å². The Morgan fingerprint density at radius 1 is 1.19 bits per heavy atom. The molecule has 0 amide bonds. The van der Waals surface area contributed by atoms with Crippen LogP contribution in [0, 0.1) is 5.41 Å². The summed E-state index contributed by atoms with van der Waals surface area (Å²) >= 11 is 0. The van der Waals surface area contributed by atoms with E-state index in [0.29, 0.717) is 0 Å². The zero-order chi connectivity index (χ0) is 12.0. The number of hydrogen-bond donors (Lipinski definition) is 1. The first-order valence-electron chi connectivity index (χ1n) is 5.99. The summed E-state index contributed by atoms with van der Waals surface area (Å²) in [5, 5.41) is 0. The summed E-state index contributed by atoms with van der Waals surface area (Å²) in [6.07, 6.45) is 2.12. The SMILES string of the molecule is CCOc1ccc(CC(C)(C)CCN)cc1. The van der Waals surface area contributed by atoms with Crippen molar-refractivity contribution in [1.82, 2.24) is 0 Å². The van der Waals surface area contributed by atoms with Gasteiger partial charge in [-0.05, 0) is 49.4 Å². The first-order chi connectivity index (χ1) is 7.57. The predicted octanol–water partition coefficient (Wildman–Crippen LogP) is 3.00. The molecule has 0 radical (unpaired) electrons. The molecule has 16 heavy (non-hydrogen) atoms. The van der Waals surface area contributed by atoms with E-state index in [0.717, 1.165) is 31.7 Å². The lowest BCUT2D eigenvalue weighted by molar-refractivity contribution is 0.334. The highest BCUT2D eigenvalue weighted by Crippen LogP contribution is 2.26. The average molecular weight is 221 g/mol. The Morgan fingerprint density at radius 3 is 2.31 bits per heavy atom. The van der Waals surface area contributed by atoms with E-state index in [2.05, 4.69) is 26.0 Å². The number of ether oxygens (including phenoxy) is 1. The van der Waals surface area contributed by atoms with Crippen LogP contribution in [0.5, 0.6) is 5.75 Å². The molecule has 90 valence electrons. The molecule has 2 N–H and O–H groups in total. The van der Waals surface area contributed by atoms with E-state index in [-0.39, 0.29) is 5.41 Å². The monoisotopic (exact) mass is 221 g/mol. The van der Waals surface area contributed by atoms with Crippen LogP contribution in [-0.4, -0.2) is 13.2 Å². The fraction of sp³-hybridized carbons (Fsp3) is 0.571. The molecule has 0 saturated carbocycles. The van der Waals surface area contributed by atoms with Gasteiger partial charge in [0.25, 0.3) is 0 Å². The fourth-order valence-electron chi connectivity index (χ4n) is 1.90. The van der Waals surface area contributed by atoms with E-state index in [1.807, 2.05) is 19.1 Å². The van der Waals surface area contributed by atoms with E-state index in [9.17, 15) is 0 Å². The van der Waals surface area contributed by atoms with Crippen LogP contribution in [-0.2, 0) is 6.42 Å². The average Bonchev–Trinajstić information content (AvgIpc) is 2.21. The van der Waals surface area contributed by atoms with Crippen LogP contribution in [0.4, 0.5) is 0 Å². The highest BCUT2D eigenvalue weighted by Gasteiger charge is 2.17. The highest BCUT2D eigenvalue weighted by atomic mass is 16.5. The number of hydrogen-bond acceptors (Lipinski definition) is 2. The summed E-state index contributed by atoms with van der Waals surface area (Å²) in [6.45, 7) is 7.99. The van der Waals surface area contributed by atoms with Crippen molar-refractivity contribution in [2.45, 2.75) is 33.6 Å². The maximum absolute atomic E-state index is 5.61. The van der Waals surface area contributed by atoms with Gasteiger partial charge in [-0.25, -0.2) is 0 Å². The smallest absolute Gasteiger partial charge is 0.119 e. The molecule has 0 spiro atoms. The van der Waals surface area contributed by atoms with Gasteiger partial charge >= 0.3 is 0 Å². The van der Waals surface area contributed by atoms with Gasteiger partial charge in [0.05, 0.1) is 6.61 Å². The molecule has 0 aliphatic carbocycles. The van der Waals surface area contributed by atoms with Crippen molar-refractivity contribution >= 4 is 0 Å². The fourth-order valence-corrected chi connectivity index (χ4v) is 1.90. The van der Waals surface area contributed by atoms with Crippen molar-refractivity contribution in [3.63, 3.8) is 0 Å². The van der Waals surface area contributed by atoms with Gasteiger partial charge in [-0.15, -0.1) is 0 Å². The third-order valence-electron chi connectivity index (χ3n) is 2.74.